The van der Waals surface area contributed by atoms with Crippen molar-refractivity contribution in [3.05, 3.63) is 146 Å². The molecule has 9 rings (SSSR count). The van der Waals surface area contributed by atoms with Crippen LogP contribution in [0.3, 0.4) is 0 Å². The molecule has 0 N–H and O–H groups in total. The summed E-state index contributed by atoms with van der Waals surface area (Å²) in [5.74, 6) is 1.90. The number of rotatable bonds is 5. The van der Waals surface area contributed by atoms with Crippen molar-refractivity contribution in [3.8, 4) is 11.5 Å². The number of anilines is 7. The molecule has 7 aromatic rings. The third-order valence-corrected chi connectivity index (χ3v) is 11.3. The fourth-order valence-electron chi connectivity index (χ4n) is 6.54. The number of para-hydroxylation sites is 5. The summed E-state index contributed by atoms with van der Waals surface area (Å²) in [5, 5.41) is 0. The smallest absolute Gasteiger partial charge is 0 e. The second-order valence-corrected chi connectivity index (χ2v) is 15.6. The minimum Gasteiger partial charge on any atom is 0 e. The van der Waals surface area contributed by atoms with Gasteiger partial charge in [0.2, 0.25) is 0 Å². The Morgan fingerprint density at radius 3 is 2.27 bits per heavy atom. The van der Waals surface area contributed by atoms with Gasteiger partial charge in [0.15, 0.2) is 0 Å². The van der Waals surface area contributed by atoms with Crippen molar-refractivity contribution in [1.29, 1.82) is 0 Å². The van der Waals surface area contributed by atoms with E-state index in [1.807, 2.05) is 30.3 Å². The number of pyridine rings is 1. The molecule has 0 aliphatic carbocycles. The largest absolute Gasteiger partial charge is 0 e. The molecule has 0 fully saturated rings. The number of aromatic nitrogens is 3. The quantitative estimate of drug-likeness (QED) is 0.128. The summed E-state index contributed by atoms with van der Waals surface area (Å²) in [5.41, 5.74) is 9.43. The van der Waals surface area contributed by atoms with Gasteiger partial charge in [0.1, 0.15) is 0 Å². The number of imidazole rings is 1. The molecule has 0 amide bonds. The third kappa shape index (κ3) is 5.91. The SMILES string of the molecule is Cn1c(N2c3[c-]c(Oc4[c-]c(N5[CH-]N(c6cccc(C(C)(C)C)c6)c6ccccc65)ccc4)cnc3[Se]c3ccccc32)nc2ccccc21.[Pt]. The molecule has 0 radical (unpaired) electrons. The molecule has 0 saturated carbocycles. The molecule has 4 heterocycles. The molecule has 256 valence electrons. The van der Waals surface area contributed by atoms with Crippen LogP contribution in [0.15, 0.2) is 121 Å². The van der Waals surface area contributed by atoms with Crippen molar-refractivity contribution >= 4 is 75.1 Å². The van der Waals surface area contributed by atoms with Crippen molar-refractivity contribution in [2.24, 2.45) is 7.05 Å². The van der Waals surface area contributed by atoms with Gasteiger partial charge in [0.05, 0.1) is 0 Å². The van der Waals surface area contributed by atoms with Crippen molar-refractivity contribution < 1.29 is 25.8 Å². The Kier molecular flexibility index (Phi) is 8.50. The monoisotopic (exact) mass is 912 g/mol. The first-order valence-electron chi connectivity index (χ1n) is 16.6. The Hall–Kier alpha value is -4.87. The van der Waals surface area contributed by atoms with Gasteiger partial charge in [0, 0.05) is 21.1 Å². The molecule has 0 saturated heterocycles. The van der Waals surface area contributed by atoms with E-state index in [0.717, 1.165) is 55.7 Å². The van der Waals surface area contributed by atoms with Gasteiger partial charge in [0.25, 0.3) is 0 Å². The van der Waals surface area contributed by atoms with Crippen molar-refractivity contribution in [2.45, 2.75) is 26.2 Å². The van der Waals surface area contributed by atoms with Crippen molar-refractivity contribution in [2.75, 3.05) is 14.7 Å². The van der Waals surface area contributed by atoms with Gasteiger partial charge in [-0.15, -0.1) is 0 Å². The Labute approximate surface area is 318 Å². The Morgan fingerprint density at radius 2 is 1.47 bits per heavy atom. The van der Waals surface area contributed by atoms with E-state index in [1.54, 1.807) is 6.20 Å². The molecule has 5 aromatic carbocycles. The first kappa shape index (κ1) is 33.3. The van der Waals surface area contributed by atoms with Crippen LogP contribution in [0.1, 0.15) is 26.3 Å². The maximum absolute atomic E-state index is 6.48. The number of hydrogen-bond acceptors (Lipinski definition) is 6. The third-order valence-electron chi connectivity index (χ3n) is 9.10. The molecule has 9 heteroatoms. The summed E-state index contributed by atoms with van der Waals surface area (Å²) in [6, 6.07) is 46.9. The summed E-state index contributed by atoms with van der Waals surface area (Å²) < 4.78 is 10.8. The molecule has 2 aromatic heterocycles. The number of aryl methyl sites for hydroxylation is 1. The number of nitrogens with zero attached hydrogens (tertiary/aromatic N) is 6. The molecule has 2 aliphatic heterocycles. The van der Waals surface area contributed by atoms with Gasteiger partial charge in [-0.2, -0.15) is 0 Å². The van der Waals surface area contributed by atoms with Gasteiger partial charge >= 0.3 is 238 Å². The zero-order valence-electron chi connectivity index (χ0n) is 28.4. The van der Waals surface area contributed by atoms with E-state index in [9.17, 15) is 0 Å². The Morgan fingerprint density at radius 1 is 0.745 bits per heavy atom. The molecule has 51 heavy (non-hydrogen) atoms. The molecule has 7 nitrogen and oxygen atoms in total. The molecular formula is C42H33N6OPtSe-3. The van der Waals surface area contributed by atoms with Crippen LogP contribution in [0.5, 0.6) is 11.5 Å². The number of benzene rings is 5. The predicted octanol–water partition coefficient (Wildman–Crippen LogP) is 8.50. The van der Waals surface area contributed by atoms with Crippen LogP contribution in [-0.2, 0) is 33.5 Å². The minimum absolute atomic E-state index is 0. The van der Waals surface area contributed by atoms with Gasteiger partial charge in [-0.05, 0) is 23.1 Å². The Bertz CT molecular complexity index is 2420. The van der Waals surface area contributed by atoms with Crippen LogP contribution in [0.4, 0.5) is 40.1 Å². The van der Waals surface area contributed by atoms with Crippen molar-refractivity contribution in [3.63, 3.8) is 0 Å². The second-order valence-electron chi connectivity index (χ2n) is 13.4. The first-order chi connectivity index (χ1) is 24.3. The molecule has 0 atom stereocenters. The maximum atomic E-state index is 6.48. The Balaban J connectivity index is 0.00000374. The van der Waals surface area contributed by atoms with Crippen LogP contribution in [-0.4, -0.2) is 29.5 Å². The second kappa shape index (κ2) is 13.0. The minimum atomic E-state index is 0. The van der Waals surface area contributed by atoms with E-state index in [2.05, 4.69) is 151 Å². The average molecular weight is 912 g/mol. The number of hydrogen-bond donors (Lipinski definition) is 0. The average Bonchev–Trinajstić information content (AvgIpc) is 3.68. The van der Waals surface area contributed by atoms with Crippen LogP contribution in [0, 0.1) is 18.8 Å². The first-order valence-corrected chi connectivity index (χ1v) is 18.3. The van der Waals surface area contributed by atoms with Crippen LogP contribution in [0.25, 0.3) is 11.0 Å². The van der Waals surface area contributed by atoms with E-state index in [4.69, 9.17) is 14.7 Å². The summed E-state index contributed by atoms with van der Waals surface area (Å²) in [6.07, 6.45) is 1.77. The molecule has 0 bridgehead atoms. The molecular weight excluding hydrogens is 879 g/mol. The predicted molar refractivity (Wildman–Crippen MR) is 203 cm³/mol. The van der Waals surface area contributed by atoms with E-state index in [0.29, 0.717) is 11.5 Å². The van der Waals surface area contributed by atoms with Crippen molar-refractivity contribution in [1.82, 2.24) is 14.5 Å². The van der Waals surface area contributed by atoms with Gasteiger partial charge in [-0.3, -0.25) is 0 Å². The summed E-state index contributed by atoms with van der Waals surface area (Å²) >= 11 is 0.00529. The molecule has 0 spiro atoms. The summed E-state index contributed by atoms with van der Waals surface area (Å²) in [7, 11) is 2.05. The van der Waals surface area contributed by atoms with Gasteiger partial charge < -0.3 is 0 Å². The molecule has 2 aliphatic rings. The van der Waals surface area contributed by atoms with Crippen LogP contribution >= 0.6 is 0 Å². The summed E-state index contributed by atoms with van der Waals surface area (Å²) in [4.78, 5) is 16.5. The molecule has 0 unspecified atom stereocenters. The normalized spacial score (nSPS) is 13.5. The van der Waals surface area contributed by atoms with E-state index < -0.39 is 0 Å². The maximum Gasteiger partial charge on any atom is 0 e. The zero-order chi connectivity index (χ0) is 34.0. The van der Waals surface area contributed by atoms with Gasteiger partial charge in [-0.25, -0.2) is 0 Å². The fraction of sp³-hybridized carbons (Fsp3) is 0.119. The van der Waals surface area contributed by atoms with Gasteiger partial charge in [-0.1, -0.05) is 39.0 Å². The summed E-state index contributed by atoms with van der Waals surface area (Å²) in [6.45, 7) is 8.86. The van der Waals surface area contributed by atoms with E-state index in [-0.39, 0.29) is 41.4 Å². The number of fused-ring (bicyclic) bond motifs is 4. The van der Waals surface area contributed by atoms with E-state index in [1.165, 1.54) is 10.0 Å². The standard InChI is InChI=1S/C42H33N6OSe.Pt/c1-42(2,3)28-13-11-14-29(23-28)46-27-47(36-20-8-7-19-35(36)46)30-15-12-16-31(24-30)49-32-25-38-40(43-26-32)50-39-22-10-9-21-37(39)48(38)41-44-33-17-5-6-18-34(33)45(41)4;/h5-23,26-27H,1-4H3;/q-3;. The van der Waals surface area contributed by atoms with E-state index >= 15 is 0 Å². The topological polar surface area (TPSA) is 49.7 Å². The number of ether oxygens (including phenoxy) is 1. The van der Waals surface area contributed by atoms with Crippen LogP contribution < -0.4 is 28.5 Å². The zero-order valence-corrected chi connectivity index (χ0v) is 32.4. The fourth-order valence-corrected chi connectivity index (χ4v) is 8.56. The van der Waals surface area contributed by atoms with Crippen LogP contribution in [0.2, 0.25) is 0 Å².